The van der Waals surface area contributed by atoms with Gasteiger partial charge in [0.05, 0.1) is 0 Å². The van der Waals surface area contributed by atoms with E-state index in [1.807, 2.05) is 0 Å². The SMILES string of the molecule is ClP(CC1=Cc2ccccc21)(c1ccccc1)(c1ccccc1)c1ccccc1. The predicted molar refractivity (Wildman–Crippen MR) is 130 cm³/mol. The van der Waals surface area contributed by atoms with Gasteiger partial charge in [0.2, 0.25) is 0 Å². The fourth-order valence-electron chi connectivity index (χ4n) is 4.49. The molecule has 0 radical (unpaired) electrons. The standard InChI is InChI=1S/C27H22ClP/c28-29(24-13-4-1-5-14-24,25-15-6-2-7-16-25,26-17-8-3-9-18-26)21-23-20-22-12-10-11-19-27(22)23/h1-20H,21H2. The number of hydrogen-bond donors (Lipinski definition) is 0. The first-order valence-electron chi connectivity index (χ1n) is 9.90. The molecule has 0 nitrogen and oxygen atoms in total. The average Bonchev–Trinajstić information content (AvgIpc) is 2.79. The Morgan fingerprint density at radius 3 is 1.38 bits per heavy atom. The third-order valence-electron chi connectivity index (χ3n) is 5.99. The Kier molecular flexibility index (Phi) is 4.43. The number of benzene rings is 4. The molecule has 0 heterocycles. The molecule has 1 aliphatic carbocycles. The van der Waals surface area contributed by atoms with Gasteiger partial charge in [-0.25, -0.2) is 0 Å². The number of rotatable bonds is 5. The van der Waals surface area contributed by atoms with Gasteiger partial charge in [-0.3, -0.25) is 0 Å². The van der Waals surface area contributed by atoms with Crippen LogP contribution in [0.15, 0.2) is 115 Å². The van der Waals surface area contributed by atoms with Crippen molar-refractivity contribution in [2.24, 2.45) is 0 Å². The molecule has 0 unspecified atom stereocenters. The molecule has 0 saturated carbocycles. The molecule has 5 rings (SSSR count). The monoisotopic (exact) mass is 412 g/mol. The second-order valence-electron chi connectivity index (χ2n) is 7.60. The second-order valence-corrected chi connectivity index (χ2v) is 14.1. The Morgan fingerprint density at radius 2 is 0.931 bits per heavy atom. The van der Waals surface area contributed by atoms with E-state index in [9.17, 15) is 0 Å². The van der Waals surface area contributed by atoms with Crippen LogP contribution in [0.4, 0.5) is 0 Å². The Balaban J connectivity index is 1.81. The minimum absolute atomic E-state index is 0.808. The van der Waals surface area contributed by atoms with Crippen LogP contribution in [0, 0.1) is 0 Å². The zero-order chi connectivity index (χ0) is 19.8. The fraction of sp³-hybridized carbons (Fsp3) is 0.0370. The van der Waals surface area contributed by atoms with Crippen LogP contribution in [-0.2, 0) is 0 Å². The van der Waals surface area contributed by atoms with Gasteiger partial charge in [0.25, 0.3) is 0 Å². The molecule has 142 valence electrons. The van der Waals surface area contributed by atoms with E-state index in [0.717, 1.165) is 6.16 Å². The van der Waals surface area contributed by atoms with Crippen molar-refractivity contribution in [2.45, 2.75) is 0 Å². The van der Waals surface area contributed by atoms with Gasteiger partial charge >= 0.3 is 177 Å². The van der Waals surface area contributed by atoms with Crippen LogP contribution in [0.1, 0.15) is 11.1 Å². The van der Waals surface area contributed by atoms with Gasteiger partial charge < -0.3 is 0 Å². The molecule has 0 amide bonds. The summed E-state index contributed by atoms with van der Waals surface area (Å²) in [6.07, 6.45) is 3.11. The maximum absolute atomic E-state index is 8.14. The summed E-state index contributed by atoms with van der Waals surface area (Å²) >= 11 is 8.14. The molecule has 4 aromatic carbocycles. The van der Waals surface area contributed by atoms with Crippen LogP contribution in [0.2, 0.25) is 0 Å². The first-order chi connectivity index (χ1) is 14.2. The van der Waals surface area contributed by atoms with Gasteiger partial charge in [-0.05, 0) is 0 Å². The molecule has 0 spiro atoms. The summed E-state index contributed by atoms with van der Waals surface area (Å²) in [4.78, 5) is 0. The quantitative estimate of drug-likeness (QED) is 0.341. The van der Waals surface area contributed by atoms with Crippen molar-refractivity contribution in [3.63, 3.8) is 0 Å². The molecule has 0 N–H and O–H groups in total. The molecule has 0 bridgehead atoms. The number of hydrogen-bond acceptors (Lipinski definition) is 0. The minimum atomic E-state index is -3.24. The van der Waals surface area contributed by atoms with Crippen molar-refractivity contribution in [2.75, 3.05) is 6.16 Å². The van der Waals surface area contributed by atoms with Gasteiger partial charge in [0.15, 0.2) is 0 Å². The Labute approximate surface area is 177 Å². The molecule has 2 heteroatoms. The average molecular weight is 413 g/mol. The molecule has 1 aliphatic rings. The van der Waals surface area contributed by atoms with Gasteiger partial charge in [0.1, 0.15) is 0 Å². The molecule has 0 saturated heterocycles. The number of halogens is 1. The van der Waals surface area contributed by atoms with Gasteiger partial charge in [0, 0.05) is 0 Å². The number of allylic oxidation sites excluding steroid dienone is 1. The molecule has 0 fully saturated rings. The van der Waals surface area contributed by atoms with Gasteiger partial charge in [-0.15, -0.1) is 0 Å². The maximum atomic E-state index is 8.14. The van der Waals surface area contributed by atoms with Crippen molar-refractivity contribution in [3.8, 4) is 0 Å². The Bertz CT molecular complexity index is 1080. The van der Waals surface area contributed by atoms with E-state index in [1.165, 1.54) is 32.6 Å². The van der Waals surface area contributed by atoms with Crippen LogP contribution in [0.5, 0.6) is 0 Å². The molecular formula is C27H22ClP. The molecule has 0 atom stereocenters. The first-order valence-corrected chi connectivity index (χ1v) is 13.2. The summed E-state index contributed by atoms with van der Waals surface area (Å²) in [5.41, 5.74) is 3.97. The van der Waals surface area contributed by atoms with E-state index in [0.29, 0.717) is 0 Å². The number of fused-ring (bicyclic) bond motifs is 1. The van der Waals surface area contributed by atoms with E-state index in [-0.39, 0.29) is 0 Å². The first kappa shape index (κ1) is 18.4. The van der Waals surface area contributed by atoms with Crippen molar-refractivity contribution in [1.29, 1.82) is 0 Å². The summed E-state index contributed by atoms with van der Waals surface area (Å²) in [6.45, 7) is 0. The summed E-state index contributed by atoms with van der Waals surface area (Å²) in [5.74, 6) is -3.24. The molecule has 29 heavy (non-hydrogen) atoms. The normalized spacial score (nSPS) is 14.1. The van der Waals surface area contributed by atoms with Crippen molar-refractivity contribution >= 4 is 44.8 Å². The Hall–Kier alpha value is -2.66. The third kappa shape index (κ3) is 2.79. The van der Waals surface area contributed by atoms with Crippen LogP contribution < -0.4 is 15.9 Å². The molecular weight excluding hydrogens is 391 g/mol. The fourth-order valence-corrected chi connectivity index (χ4v) is 10.6. The van der Waals surface area contributed by atoms with Crippen molar-refractivity contribution in [1.82, 2.24) is 0 Å². The summed E-state index contributed by atoms with van der Waals surface area (Å²) in [5, 5.41) is 3.63. The Morgan fingerprint density at radius 1 is 0.517 bits per heavy atom. The molecule has 4 aromatic rings. The molecule has 0 aliphatic heterocycles. The summed E-state index contributed by atoms with van der Waals surface area (Å²) < 4.78 is 0. The van der Waals surface area contributed by atoms with E-state index >= 15 is 0 Å². The third-order valence-corrected chi connectivity index (χ3v) is 13.2. The topological polar surface area (TPSA) is 0 Å². The van der Waals surface area contributed by atoms with Crippen LogP contribution in [0.3, 0.4) is 0 Å². The van der Waals surface area contributed by atoms with Gasteiger partial charge in [-0.2, -0.15) is 0 Å². The predicted octanol–water partition coefficient (Wildman–Crippen LogP) is 6.22. The van der Waals surface area contributed by atoms with E-state index in [1.54, 1.807) is 0 Å². The molecule has 0 aromatic heterocycles. The van der Waals surface area contributed by atoms with E-state index in [2.05, 4.69) is 121 Å². The van der Waals surface area contributed by atoms with Crippen LogP contribution in [-0.4, -0.2) is 6.16 Å². The summed E-state index contributed by atoms with van der Waals surface area (Å²) in [7, 11) is 0. The summed E-state index contributed by atoms with van der Waals surface area (Å²) in [6, 6.07) is 40.6. The van der Waals surface area contributed by atoms with Crippen molar-refractivity contribution in [3.05, 3.63) is 126 Å². The zero-order valence-corrected chi connectivity index (χ0v) is 17.7. The van der Waals surface area contributed by atoms with E-state index < -0.39 is 5.96 Å². The van der Waals surface area contributed by atoms with Gasteiger partial charge in [-0.1, -0.05) is 0 Å². The van der Waals surface area contributed by atoms with Crippen molar-refractivity contribution < 1.29 is 0 Å². The van der Waals surface area contributed by atoms with Crippen LogP contribution in [0.25, 0.3) is 11.6 Å². The zero-order valence-electron chi connectivity index (χ0n) is 16.1. The van der Waals surface area contributed by atoms with Crippen LogP contribution >= 0.6 is 17.2 Å². The van der Waals surface area contributed by atoms with E-state index in [4.69, 9.17) is 11.2 Å². The second kappa shape index (κ2) is 6.99.